The first-order valence-electron chi connectivity index (χ1n) is 4.71. The molecule has 0 atom stereocenters. The van der Waals surface area contributed by atoms with Gasteiger partial charge in [-0.2, -0.15) is 5.26 Å². The van der Waals surface area contributed by atoms with Crippen LogP contribution in [0.2, 0.25) is 5.02 Å². The van der Waals surface area contributed by atoms with Crippen molar-refractivity contribution in [2.24, 2.45) is 0 Å². The maximum atomic E-state index is 8.85. The highest BCUT2D eigenvalue weighted by Gasteiger charge is 2.01. The zero-order valence-electron chi connectivity index (χ0n) is 8.18. The summed E-state index contributed by atoms with van der Waals surface area (Å²) >= 11 is 5.78. The fraction of sp³-hybridized carbons (Fsp3) is 0.364. The van der Waals surface area contributed by atoms with Crippen LogP contribution in [0.15, 0.2) is 18.2 Å². The number of hydrogen-bond acceptors (Lipinski definition) is 2. The standard InChI is InChI=1S/C11H13ClN2/c1-2-3-6-14-11-5-4-10(12)7-9(11)8-13/h4-5,7,14H,2-3,6H2,1H3. The predicted octanol–water partition coefficient (Wildman–Crippen LogP) is 3.42. The number of rotatable bonds is 4. The Labute approximate surface area is 89.5 Å². The zero-order chi connectivity index (χ0) is 10.4. The molecular formula is C11H13ClN2. The summed E-state index contributed by atoms with van der Waals surface area (Å²) in [6.45, 7) is 3.03. The summed E-state index contributed by atoms with van der Waals surface area (Å²) in [5.41, 5.74) is 1.47. The third-order valence-corrected chi connectivity index (χ3v) is 2.18. The average molecular weight is 209 g/mol. The van der Waals surface area contributed by atoms with Gasteiger partial charge in [0.1, 0.15) is 6.07 Å². The van der Waals surface area contributed by atoms with Crippen molar-refractivity contribution in [3.63, 3.8) is 0 Å². The minimum Gasteiger partial charge on any atom is -0.384 e. The van der Waals surface area contributed by atoms with E-state index in [1.165, 1.54) is 0 Å². The molecule has 0 heterocycles. The molecule has 0 spiro atoms. The fourth-order valence-electron chi connectivity index (χ4n) is 1.16. The van der Waals surface area contributed by atoms with Crippen molar-refractivity contribution in [2.45, 2.75) is 19.8 Å². The van der Waals surface area contributed by atoms with E-state index in [0.29, 0.717) is 10.6 Å². The molecule has 0 saturated carbocycles. The van der Waals surface area contributed by atoms with Gasteiger partial charge in [0.15, 0.2) is 0 Å². The molecule has 0 aliphatic rings. The Kier molecular flexibility index (Phi) is 4.28. The van der Waals surface area contributed by atoms with Crippen LogP contribution in [-0.4, -0.2) is 6.54 Å². The molecule has 1 N–H and O–H groups in total. The summed E-state index contributed by atoms with van der Waals surface area (Å²) in [7, 11) is 0. The van der Waals surface area contributed by atoms with Gasteiger partial charge in [0, 0.05) is 11.6 Å². The van der Waals surface area contributed by atoms with E-state index in [2.05, 4.69) is 18.3 Å². The van der Waals surface area contributed by atoms with Gasteiger partial charge in [-0.05, 0) is 24.6 Å². The van der Waals surface area contributed by atoms with Crippen molar-refractivity contribution in [2.75, 3.05) is 11.9 Å². The van der Waals surface area contributed by atoms with E-state index in [9.17, 15) is 0 Å². The normalized spacial score (nSPS) is 9.50. The number of unbranched alkanes of at least 4 members (excludes halogenated alkanes) is 1. The number of nitrogens with one attached hydrogen (secondary N) is 1. The van der Waals surface area contributed by atoms with Gasteiger partial charge in [-0.25, -0.2) is 0 Å². The van der Waals surface area contributed by atoms with Crippen molar-refractivity contribution in [1.29, 1.82) is 5.26 Å². The third-order valence-electron chi connectivity index (χ3n) is 1.95. The lowest BCUT2D eigenvalue weighted by atomic mass is 10.2. The SMILES string of the molecule is CCCCNc1ccc(Cl)cc1C#N. The van der Waals surface area contributed by atoms with Crippen LogP contribution >= 0.6 is 11.6 Å². The quantitative estimate of drug-likeness (QED) is 0.770. The van der Waals surface area contributed by atoms with Crippen LogP contribution in [0.3, 0.4) is 0 Å². The van der Waals surface area contributed by atoms with Crippen LogP contribution < -0.4 is 5.32 Å². The van der Waals surface area contributed by atoms with E-state index in [4.69, 9.17) is 16.9 Å². The summed E-state index contributed by atoms with van der Waals surface area (Å²) in [6.07, 6.45) is 2.25. The molecule has 2 nitrogen and oxygen atoms in total. The second-order valence-corrected chi connectivity index (χ2v) is 3.52. The van der Waals surface area contributed by atoms with Crippen molar-refractivity contribution < 1.29 is 0 Å². The molecule has 0 amide bonds. The predicted molar refractivity (Wildman–Crippen MR) is 59.6 cm³/mol. The summed E-state index contributed by atoms with van der Waals surface area (Å²) in [5.74, 6) is 0. The number of nitrogens with zero attached hydrogens (tertiary/aromatic N) is 1. The highest BCUT2D eigenvalue weighted by Crippen LogP contribution is 2.19. The summed E-state index contributed by atoms with van der Waals surface area (Å²) in [5, 5.41) is 12.7. The molecule has 3 heteroatoms. The maximum Gasteiger partial charge on any atom is 0.101 e. The highest BCUT2D eigenvalue weighted by molar-refractivity contribution is 6.30. The molecule has 0 saturated heterocycles. The lowest BCUT2D eigenvalue weighted by Crippen LogP contribution is -2.02. The first-order valence-corrected chi connectivity index (χ1v) is 5.09. The minimum absolute atomic E-state index is 0.600. The summed E-state index contributed by atoms with van der Waals surface area (Å²) < 4.78 is 0. The number of halogens is 1. The Bertz CT molecular complexity index is 342. The van der Waals surface area contributed by atoms with Crippen LogP contribution in [0.25, 0.3) is 0 Å². The van der Waals surface area contributed by atoms with Crippen LogP contribution in [0.4, 0.5) is 5.69 Å². The van der Waals surface area contributed by atoms with Gasteiger partial charge in [0.2, 0.25) is 0 Å². The van der Waals surface area contributed by atoms with Gasteiger partial charge in [0.05, 0.1) is 11.3 Å². The molecule has 0 fully saturated rings. The Hall–Kier alpha value is -1.20. The fourth-order valence-corrected chi connectivity index (χ4v) is 1.34. The molecule has 1 aromatic carbocycles. The van der Waals surface area contributed by atoms with Crippen LogP contribution in [0.5, 0.6) is 0 Å². The first kappa shape index (κ1) is 10.9. The van der Waals surface area contributed by atoms with Crippen LogP contribution in [0, 0.1) is 11.3 Å². The van der Waals surface area contributed by atoms with Crippen molar-refractivity contribution in [3.05, 3.63) is 28.8 Å². The van der Waals surface area contributed by atoms with E-state index >= 15 is 0 Å². The molecule has 74 valence electrons. The Morgan fingerprint density at radius 2 is 2.29 bits per heavy atom. The third kappa shape index (κ3) is 2.93. The topological polar surface area (TPSA) is 35.8 Å². The van der Waals surface area contributed by atoms with E-state index in [0.717, 1.165) is 25.1 Å². The molecule has 14 heavy (non-hydrogen) atoms. The number of nitriles is 1. The molecule has 0 unspecified atom stereocenters. The lowest BCUT2D eigenvalue weighted by molar-refractivity contribution is 0.834. The molecule has 1 rings (SSSR count). The van der Waals surface area contributed by atoms with Gasteiger partial charge in [-0.1, -0.05) is 24.9 Å². The Morgan fingerprint density at radius 3 is 2.93 bits per heavy atom. The summed E-state index contributed by atoms with van der Waals surface area (Å²) in [6, 6.07) is 7.42. The summed E-state index contributed by atoms with van der Waals surface area (Å²) in [4.78, 5) is 0. The monoisotopic (exact) mass is 208 g/mol. The van der Waals surface area contributed by atoms with Crippen LogP contribution in [-0.2, 0) is 0 Å². The Balaban J connectivity index is 2.72. The van der Waals surface area contributed by atoms with Gasteiger partial charge in [-0.15, -0.1) is 0 Å². The molecule has 0 aliphatic heterocycles. The van der Waals surface area contributed by atoms with Crippen molar-refractivity contribution in [3.8, 4) is 6.07 Å². The zero-order valence-corrected chi connectivity index (χ0v) is 8.93. The maximum absolute atomic E-state index is 8.85. The lowest BCUT2D eigenvalue weighted by Gasteiger charge is -2.07. The smallest absolute Gasteiger partial charge is 0.101 e. The largest absolute Gasteiger partial charge is 0.384 e. The second kappa shape index (κ2) is 5.51. The van der Waals surface area contributed by atoms with Crippen molar-refractivity contribution in [1.82, 2.24) is 0 Å². The molecule has 0 aliphatic carbocycles. The minimum atomic E-state index is 0.600. The van der Waals surface area contributed by atoms with E-state index in [-0.39, 0.29) is 0 Å². The Morgan fingerprint density at radius 1 is 1.50 bits per heavy atom. The van der Waals surface area contributed by atoms with E-state index in [1.54, 1.807) is 12.1 Å². The molecule has 0 radical (unpaired) electrons. The van der Waals surface area contributed by atoms with Crippen molar-refractivity contribution >= 4 is 17.3 Å². The van der Waals surface area contributed by atoms with Gasteiger partial charge >= 0.3 is 0 Å². The number of anilines is 1. The molecule has 1 aromatic rings. The molecular weight excluding hydrogens is 196 g/mol. The number of hydrogen-bond donors (Lipinski definition) is 1. The van der Waals surface area contributed by atoms with Gasteiger partial charge in [0.25, 0.3) is 0 Å². The van der Waals surface area contributed by atoms with Crippen LogP contribution in [0.1, 0.15) is 25.3 Å². The first-order chi connectivity index (χ1) is 6.77. The number of benzene rings is 1. The molecule has 0 aromatic heterocycles. The molecule has 0 bridgehead atoms. The second-order valence-electron chi connectivity index (χ2n) is 3.08. The van der Waals surface area contributed by atoms with E-state index < -0.39 is 0 Å². The van der Waals surface area contributed by atoms with Gasteiger partial charge < -0.3 is 5.32 Å². The average Bonchev–Trinajstić information content (AvgIpc) is 2.20. The highest BCUT2D eigenvalue weighted by atomic mass is 35.5. The van der Waals surface area contributed by atoms with E-state index in [1.807, 2.05) is 6.07 Å². The van der Waals surface area contributed by atoms with Gasteiger partial charge in [-0.3, -0.25) is 0 Å².